The summed E-state index contributed by atoms with van der Waals surface area (Å²) in [5.74, 6) is -0.626. The van der Waals surface area contributed by atoms with Crippen molar-refractivity contribution < 1.29 is 22.0 Å². The molecule has 0 radical (unpaired) electrons. The highest BCUT2D eigenvalue weighted by atomic mass is 32.2. The molecular formula is C33H29FN6O4S. The third-order valence-corrected chi connectivity index (χ3v) is 9.24. The van der Waals surface area contributed by atoms with E-state index in [1.165, 1.54) is 38.4 Å². The van der Waals surface area contributed by atoms with E-state index in [1.54, 1.807) is 24.4 Å². The number of allylic oxidation sites excluding steroid dienone is 2. The summed E-state index contributed by atoms with van der Waals surface area (Å²) in [6.45, 7) is 0. The van der Waals surface area contributed by atoms with Crippen molar-refractivity contribution in [1.29, 1.82) is 5.26 Å². The second-order valence-corrected chi connectivity index (χ2v) is 12.8. The number of carbonyl (C=O) groups is 1. The zero-order valence-corrected chi connectivity index (χ0v) is 26.0. The van der Waals surface area contributed by atoms with Gasteiger partial charge in [0.2, 0.25) is 10.0 Å². The van der Waals surface area contributed by atoms with Crippen LogP contribution in [-0.4, -0.2) is 51.3 Å². The normalized spacial score (nSPS) is 13.3. The number of aryl methyl sites for hydroxylation is 1. The highest BCUT2D eigenvalue weighted by Crippen LogP contribution is 2.41. The minimum Gasteiger partial charge on any atom is -0.455 e. The summed E-state index contributed by atoms with van der Waals surface area (Å²) in [6, 6.07) is 18.7. The quantitative estimate of drug-likeness (QED) is 0.267. The number of carbonyl (C=O) groups excluding carboxylic acids is 1. The van der Waals surface area contributed by atoms with Crippen LogP contribution in [0.1, 0.15) is 27.2 Å². The summed E-state index contributed by atoms with van der Waals surface area (Å²) < 4.78 is 48.7. The van der Waals surface area contributed by atoms with Crippen molar-refractivity contribution in [3.05, 3.63) is 101 Å². The number of rotatable bonds is 6. The van der Waals surface area contributed by atoms with Crippen LogP contribution in [0.25, 0.3) is 44.5 Å². The van der Waals surface area contributed by atoms with E-state index in [0.29, 0.717) is 33.3 Å². The molecule has 12 heteroatoms. The summed E-state index contributed by atoms with van der Waals surface area (Å²) in [7, 11) is 3.00. The molecule has 2 N–H and O–H groups in total. The molecule has 6 rings (SSSR count). The Morgan fingerprint density at radius 3 is 2.49 bits per heavy atom. The van der Waals surface area contributed by atoms with Crippen molar-refractivity contribution in [3.63, 3.8) is 0 Å². The molecule has 2 aromatic heterocycles. The number of sulfonamides is 1. The van der Waals surface area contributed by atoms with Gasteiger partial charge in [-0.05, 0) is 54.6 Å². The fourth-order valence-corrected chi connectivity index (χ4v) is 6.09. The Morgan fingerprint density at radius 1 is 1.09 bits per heavy atom. The van der Waals surface area contributed by atoms with Gasteiger partial charge in [-0.15, -0.1) is 0 Å². The lowest BCUT2D eigenvalue weighted by Crippen LogP contribution is -2.32. The van der Waals surface area contributed by atoms with E-state index in [2.05, 4.69) is 16.8 Å². The lowest BCUT2D eigenvalue weighted by atomic mass is 9.97. The van der Waals surface area contributed by atoms with Gasteiger partial charge in [-0.2, -0.15) is 5.26 Å². The molecule has 1 aliphatic rings. The number of nitriles is 1. The second-order valence-electron chi connectivity index (χ2n) is 10.7. The molecule has 228 valence electrons. The predicted octanol–water partition coefficient (Wildman–Crippen LogP) is 5.19. The lowest BCUT2D eigenvalue weighted by Gasteiger charge is -2.29. The summed E-state index contributed by atoms with van der Waals surface area (Å²) >= 11 is 0. The van der Waals surface area contributed by atoms with Crippen molar-refractivity contribution in [3.8, 4) is 17.4 Å². The average molecular weight is 625 g/mol. The van der Waals surface area contributed by atoms with E-state index >= 15 is 0 Å². The van der Waals surface area contributed by atoms with Crippen LogP contribution in [-0.2, 0) is 17.1 Å². The Kier molecular flexibility index (Phi) is 7.13. The van der Waals surface area contributed by atoms with Crippen LogP contribution in [0.15, 0.2) is 77.4 Å². The highest BCUT2D eigenvalue weighted by molar-refractivity contribution is 7.92. The zero-order chi connectivity index (χ0) is 32.2. The van der Waals surface area contributed by atoms with Crippen molar-refractivity contribution in [1.82, 2.24) is 20.3 Å². The first kappa shape index (κ1) is 29.5. The van der Waals surface area contributed by atoms with Crippen molar-refractivity contribution >= 4 is 54.8 Å². The number of anilines is 1. The first-order chi connectivity index (χ1) is 21.4. The molecule has 0 saturated carbocycles. The Balaban J connectivity index is 1.61. The number of nitrogens with zero attached hydrogens (tertiary/aromatic N) is 4. The first-order valence-corrected chi connectivity index (χ1v) is 15.7. The maximum absolute atomic E-state index is 13.7. The SMILES string of the molecule is CNC(=O)c1c(-c2ccc(F)cc2)oc2cc(N(C)S(C)(=O)=O)c(C3=CNN(C)C(c4cc5c(C#N)cccc5n4C)=C3)cc12. The van der Waals surface area contributed by atoms with Gasteiger partial charge in [0.1, 0.15) is 17.2 Å². The molecule has 0 saturated heterocycles. The molecule has 0 atom stereocenters. The minimum atomic E-state index is -3.72. The van der Waals surface area contributed by atoms with E-state index in [9.17, 15) is 22.9 Å². The number of aromatic nitrogens is 1. The maximum Gasteiger partial charge on any atom is 0.255 e. The molecule has 10 nitrogen and oxygen atoms in total. The fourth-order valence-electron chi connectivity index (χ4n) is 5.58. The minimum absolute atomic E-state index is 0.227. The third kappa shape index (κ3) is 4.97. The van der Waals surface area contributed by atoms with Gasteiger partial charge in [0.25, 0.3) is 5.91 Å². The number of benzene rings is 3. The van der Waals surface area contributed by atoms with Crippen LogP contribution >= 0.6 is 0 Å². The Labute approximate surface area is 259 Å². The van der Waals surface area contributed by atoms with Crippen molar-refractivity contribution in [2.45, 2.75) is 0 Å². The molecule has 1 aliphatic heterocycles. The molecule has 5 aromatic rings. The largest absolute Gasteiger partial charge is 0.455 e. The Morgan fingerprint density at radius 2 is 1.82 bits per heavy atom. The monoisotopic (exact) mass is 624 g/mol. The van der Waals surface area contributed by atoms with E-state index in [4.69, 9.17) is 4.42 Å². The fraction of sp³-hybridized carbons (Fsp3) is 0.152. The molecule has 45 heavy (non-hydrogen) atoms. The molecule has 3 aromatic carbocycles. The highest BCUT2D eigenvalue weighted by Gasteiger charge is 2.27. The van der Waals surface area contributed by atoms with Crippen molar-refractivity contribution in [2.75, 3.05) is 31.7 Å². The van der Waals surface area contributed by atoms with Crippen LogP contribution < -0.4 is 15.0 Å². The summed E-state index contributed by atoms with van der Waals surface area (Å²) in [5, 5.41) is 15.4. The standard InChI is InChI=1S/C33H29FN6O4S/c1-36-33(41)31-25-14-23(27(40(4)45(5,42)43)16-30(25)44-32(31)19-9-11-22(34)12-10-19)21-13-29(39(3)37-18-21)28-15-24-20(17-35)7-6-8-26(24)38(28)2/h6-16,18,37H,1-5H3,(H,36,41). The van der Waals surface area contributed by atoms with E-state index in [-0.39, 0.29) is 16.9 Å². The van der Waals surface area contributed by atoms with E-state index in [0.717, 1.165) is 32.9 Å². The first-order valence-electron chi connectivity index (χ1n) is 13.9. The van der Waals surface area contributed by atoms with Crippen molar-refractivity contribution in [2.24, 2.45) is 7.05 Å². The number of hydrazine groups is 1. The lowest BCUT2D eigenvalue weighted by molar-refractivity contribution is 0.0964. The number of furan rings is 1. The topological polar surface area (TPSA) is 124 Å². The molecule has 0 unspecified atom stereocenters. The molecule has 0 spiro atoms. The molecular weight excluding hydrogens is 595 g/mol. The Hall–Kier alpha value is -5.54. The van der Waals surface area contributed by atoms with Gasteiger partial charge in [0.05, 0.1) is 40.5 Å². The van der Waals surface area contributed by atoms with E-state index in [1.807, 2.05) is 47.9 Å². The van der Waals surface area contributed by atoms with Crippen LogP contribution in [0.5, 0.6) is 0 Å². The van der Waals surface area contributed by atoms with Crippen LogP contribution in [0.4, 0.5) is 10.1 Å². The average Bonchev–Trinajstić information content (AvgIpc) is 3.57. The van der Waals surface area contributed by atoms with Gasteiger partial charge < -0.3 is 19.7 Å². The van der Waals surface area contributed by atoms with Gasteiger partial charge in [0.15, 0.2) is 0 Å². The number of hydrogen-bond donors (Lipinski definition) is 2. The van der Waals surface area contributed by atoms with Gasteiger partial charge in [-0.25, -0.2) is 12.8 Å². The number of amides is 1. The predicted molar refractivity (Wildman–Crippen MR) is 173 cm³/mol. The summed E-state index contributed by atoms with van der Waals surface area (Å²) in [5.41, 5.74) is 8.73. The van der Waals surface area contributed by atoms with E-state index < -0.39 is 21.7 Å². The van der Waals surface area contributed by atoms with Crippen LogP contribution in [0.2, 0.25) is 0 Å². The number of fused-ring (bicyclic) bond motifs is 2. The zero-order valence-electron chi connectivity index (χ0n) is 25.1. The van der Waals surface area contributed by atoms with Gasteiger partial charge >= 0.3 is 0 Å². The molecule has 1 amide bonds. The molecule has 3 heterocycles. The second kappa shape index (κ2) is 10.9. The van der Waals surface area contributed by atoms with Gasteiger partial charge in [-0.1, -0.05) is 6.07 Å². The molecule has 0 fully saturated rings. The molecule has 0 bridgehead atoms. The van der Waals surface area contributed by atoms with Gasteiger partial charge in [0, 0.05) is 73.4 Å². The van der Waals surface area contributed by atoms with Crippen LogP contribution in [0, 0.1) is 17.1 Å². The summed E-state index contributed by atoms with van der Waals surface area (Å²) in [6.07, 6.45) is 4.76. The number of nitrogens with one attached hydrogen (secondary N) is 2. The smallest absolute Gasteiger partial charge is 0.255 e. The number of halogens is 1. The summed E-state index contributed by atoms with van der Waals surface area (Å²) in [4.78, 5) is 13.2. The Bertz CT molecular complexity index is 2240. The van der Waals surface area contributed by atoms with Crippen LogP contribution in [0.3, 0.4) is 0 Å². The maximum atomic E-state index is 13.7. The molecule has 0 aliphatic carbocycles. The third-order valence-electron chi connectivity index (χ3n) is 8.05. The number of hydrogen-bond acceptors (Lipinski definition) is 7. The van der Waals surface area contributed by atoms with Gasteiger partial charge in [-0.3, -0.25) is 14.1 Å².